The molecular weight excluding hydrogens is 324 g/mol. The number of benzene rings is 1. The molecule has 0 spiro atoms. The second-order valence-corrected chi connectivity index (χ2v) is 6.20. The Morgan fingerprint density at radius 1 is 1.24 bits per heavy atom. The zero-order chi connectivity index (χ0) is 17.8. The fourth-order valence-corrected chi connectivity index (χ4v) is 2.99. The van der Waals surface area contributed by atoms with E-state index in [4.69, 9.17) is 9.63 Å². The van der Waals surface area contributed by atoms with Crippen LogP contribution < -0.4 is 10.6 Å². The number of carboxylic acid groups (broad SMARTS) is 1. The molecule has 1 heterocycles. The van der Waals surface area contributed by atoms with Gasteiger partial charge in [-0.15, -0.1) is 0 Å². The first-order chi connectivity index (χ1) is 12.0. The number of aliphatic carboxylic acids is 1. The number of rotatable bonds is 4. The third-order valence-corrected chi connectivity index (χ3v) is 4.32. The van der Waals surface area contributed by atoms with Gasteiger partial charge < -0.3 is 20.3 Å². The fraction of sp³-hybridized carbons (Fsp3) is 0.412. The summed E-state index contributed by atoms with van der Waals surface area (Å²) < 4.78 is 4.96. The van der Waals surface area contributed by atoms with E-state index in [-0.39, 0.29) is 18.0 Å². The minimum absolute atomic E-state index is 0.00126. The molecule has 2 aromatic rings. The quantitative estimate of drug-likeness (QED) is 0.785. The van der Waals surface area contributed by atoms with Crippen LogP contribution in [0.4, 0.5) is 10.5 Å². The molecule has 1 saturated carbocycles. The van der Waals surface area contributed by atoms with Crippen molar-refractivity contribution in [2.24, 2.45) is 5.92 Å². The molecule has 25 heavy (non-hydrogen) atoms. The predicted octanol–water partition coefficient (Wildman–Crippen LogP) is 2.81. The Bertz CT molecular complexity index is 766. The van der Waals surface area contributed by atoms with Crippen molar-refractivity contribution in [1.29, 1.82) is 0 Å². The van der Waals surface area contributed by atoms with Gasteiger partial charge >= 0.3 is 12.0 Å². The monoisotopic (exact) mass is 344 g/mol. The SMILES string of the molecule is Cc1nc(-c2cccc(NC(=O)NC3CCC(C(=O)O)CC3)c2)no1. The van der Waals surface area contributed by atoms with E-state index in [1.54, 1.807) is 25.1 Å². The highest BCUT2D eigenvalue weighted by Crippen LogP contribution is 2.25. The summed E-state index contributed by atoms with van der Waals surface area (Å²) in [5.74, 6) is -0.107. The Kier molecular flexibility index (Phi) is 4.97. The Morgan fingerprint density at radius 2 is 2.00 bits per heavy atom. The van der Waals surface area contributed by atoms with Crippen LogP contribution in [0.15, 0.2) is 28.8 Å². The Labute approximate surface area is 144 Å². The van der Waals surface area contributed by atoms with Gasteiger partial charge in [-0.25, -0.2) is 4.79 Å². The third-order valence-electron chi connectivity index (χ3n) is 4.32. The molecule has 1 aromatic carbocycles. The minimum Gasteiger partial charge on any atom is -0.481 e. The van der Waals surface area contributed by atoms with E-state index >= 15 is 0 Å². The number of carbonyl (C=O) groups is 2. The number of nitrogens with one attached hydrogen (secondary N) is 2. The molecule has 1 fully saturated rings. The van der Waals surface area contributed by atoms with E-state index in [0.29, 0.717) is 43.1 Å². The lowest BCUT2D eigenvalue weighted by molar-refractivity contribution is -0.142. The molecule has 132 valence electrons. The van der Waals surface area contributed by atoms with Crippen LogP contribution in [0.2, 0.25) is 0 Å². The second-order valence-electron chi connectivity index (χ2n) is 6.20. The first kappa shape index (κ1) is 16.9. The van der Waals surface area contributed by atoms with Crippen molar-refractivity contribution >= 4 is 17.7 Å². The first-order valence-corrected chi connectivity index (χ1v) is 8.22. The molecule has 0 atom stereocenters. The lowest BCUT2D eigenvalue weighted by Crippen LogP contribution is -2.40. The number of urea groups is 1. The van der Waals surface area contributed by atoms with Crippen LogP contribution in [0.1, 0.15) is 31.6 Å². The van der Waals surface area contributed by atoms with Crippen LogP contribution in [-0.2, 0) is 4.79 Å². The van der Waals surface area contributed by atoms with Crippen molar-refractivity contribution in [3.8, 4) is 11.4 Å². The first-order valence-electron chi connectivity index (χ1n) is 8.22. The molecule has 1 aliphatic rings. The standard InChI is InChI=1S/C17H20N4O4/c1-10-18-15(21-25-10)12-3-2-4-14(9-12)20-17(24)19-13-7-5-11(6-8-13)16(22)23/h2-4,9,11,13H,5-8H2,1H3,(H,22,23)(H2,19,20,24). The highest BCUT2D eigenvalue weighted by atomic mass is 16.5. The van der Waals surface area contributed by atoms with Crippen LogP contribution in [-0.4, -0.2) is 33.3 Å². The molecule has 1 aromatic heterocycles. The summed E-state index contributed by atoms with van der Waals surface area (Å²) in [7, 11) is 0. The molecule has 0 saturated heterocycles. The highest BCUT2D eigenvalue weighted by molar-refractivity contribution is 5.90. The zero-order valence-corrected chi connectivity index (χ0v) is 13.9. The van der Waals surface area contributed by atoms with E-state index in [2.05, 4.69) is 20.8 Å². The second kappa shape index (κ2) is 7.33. The molecule has 0 aliphatic heterocycles. The van der Waals surface area contributed by atoms with Crippen molar-refractivity contribution in [2.75, 3.05) is 5.32 Å². The number of hydrogen-bond acceptors (Lipinski definition) is 5. The number of carboxylic acids is 1. The third kappa shape index (κ3) is 4.34. The molecule has 3 N–H and O–H groups in total. The van der Waals surface area contributed by atoms with Crippen LogP contribution >= 0.6 is 0 Å². The smallest absolute Gasteiger partial charge is 0.319 e. The lowest BCUT2D eigenvalue weighted by Gasteiger charge is -2.26. The summed E-state index contributed by atoms with van der Waals surface area (Å²) in [6, 6.07) is 6.87. The lowest BCUT2D eigenvalue weighted by atomic mass is 9.86. The number of amides is 2. The molecule has 1 aliphatic carbocycles. The van der Waals surface area contributed by atoms with E-state index in [0.717, 1.165) is 5.56 Å². The fourth-order valence-electron chi connectivity index (χ4n) is 2.99. The summed E-state index contributed by atoms with van der Waals surface area (Å²) in [5, 5.41) is 18.5. The van der Waals surface area contributed by atoms with Crippen molar-refractivity contribution in [1.82, 2.24) is 15.5 Å². The maximum absolute atomic E-state index is 12.2. The number of hydrogen-bond donors (Lipinski definition) is 3. The average molecular weight is 344 g/mol. The molecule has 8 nitrogen and oxygen atoms in total. The Hall–Kier alpha value is -2.90. The van der Waals surface area contributed by atoms with Gasteiger partial charge in [-0.3, -0.25) is 4.79 Å². The van der Waals surface area contributed by atoms with Crippen molar-refractivity contribution < 1.29 is 19.2 Å². The van der Waals surface area contributed by atoms with Gasteiger partial charge in [0.25, 0.3) is 0 Å². The highest BCUT2D eigenvalue weighted by Gasteiger charge is 2.26. The van der Waals surface area contributed by atoms with Crippen molar-refractivity contribution in [2.45, 2.75) is 38.6 Å². The van der Waals surface area contributed by atoms with Crippen LogP contribution in [0.25, 0.3) is 11.4 Å². The molecule has 0 bridgehead atoms. The van der Waals surface area contributed by atoms with Gasteiger partial charge in [0, 0.05) is 24.2 Å². The van der Waals surface area contributed by atoms with Gasteiger partial charge in [-0.05, 0) is 37.8 Å². The predicted molar refractivity (Wildman–Crippen MR) is 90.0 cm³/mol. The average Bonchev–Trinajstić information content (AvgIpc) is 3.02. The Morgan fingerprint density at radius 3 is 2.64 bits per heavy atom. The van der Waals surface area contributed by atoms with Gasteiger partial charge in [-0.2, -0.15) is 4.98 Å². The number of nitrogens with zero attached hydrogens (tertiary/aromatic N) is 2. The number of aryl methyl sites for hydroxylation is 1. The van der Waals surface area contributed by atoms with Gasteiger partial charge in [0.05, 0.1) is 5.92 Å². The molecule has 3 rings (SSSR count). The van der Waals surface area contributed by atoms with Crippen molar-refractivity contribution in [3.63, 3.8) is 0 Å². The molecule has 2 amide bonds. The van der Waals surface area contributed by atoms with Gasteiger partial charge in [0.2, 0.25) is 11.7 Å². The van der Waals surface area contributed by atoms with E-state index < -0.39 is 5.97 Å². The van der Waals surface area contributed by atoms with Crippen LogP contribution in [0.5, 0.6) is 0 Å². The van der Waals surface area contributed by atoms with E-state index in [1.807, 2.05) is 6.07 Å². The van der Waals surface area contributed by atoms with Gasteiger partial charge in [0.15, 0.2) is 0 Å². The normalized spacial score (nSPS) is 20.0. The summed E-state index contributed by atoms with van der Waals surface area (Å²) in [6.45, 7) is 1.71. The van der Waals surface area contributed by atoms with E-state index in [1.165, 1.54) is 0 Å². The molecular formula is C17H20N4O4. The Balaban J connectivity index is 1.56. The summed E-state index contributed by atoms with van der Waals surface area (Å²) in [4.78, 5) is 27.3. The maximum Gasteiger partial charge on any atom is 0.319 e. The zero-order valence-electron chi connectivity index (χ0n) is 13.9. The minimum atomic E-state index is -0.753. The molecule has 0 unspecified atom stereocenters. The molecule has 8 heteroatoms. The largest absolute Gasteiger partial charge is 0.481 e. The van der Waals surface area contributed by atoms with Crippen LogP contribution in [0, 0.1) is 12.8 Å². The summed E-state index contributed by atoms with van der Waals surface area (Å²) >= 11 is 0. The number of aromatic nitrogens is 2. The maximum atomic E-state index is 12.2. The summed E-state index contributed by atoms with van der Waals surface area (Å²) in [5.41, 5.74) is 1.37. The van der Waals surface area contributed by atoms with Gasteiger partial charge in [0.1, 0.15) is 0 Å². The van der Waals surface area contributed by atoms with Gasteiger partial charge in [-0.1, -0.05) is 17.3 Å². The number of anilines is 1. The summed E-state index contributed by atoms with van der Waals surface area (Å²) in [6.07, 6.45) is 2.53. The van der Waals surface area contributed by atoms with E-state index in [9.17, 15) is 9.59 Å². The topological polar surface area (TPSA) is 117 Å². The molecule has 0 radical (unpaired) electrons. The van der Waals surface area contributed by atoms with Crippen LogP contribution in [0.3, 0.4) is 0 Å². The van der Waals surface area contributed by atoms with Crippen molar-refractivity contribution in [3.05, 3.63) is 30.2 Å². The number of carbonyl (C=O) groups excluding carboxylic acids is 1.